The monoisotopic (exact) mass is 1110 g/mol. The average molecular weight is 1110 g/mol. The molecule has 27 nitrogen and oxygen atoms in total. The van der Waals surface area contributed by atoms with E-state index >= 15 is 0 Å². The molecule has 0 saturated heterocycles. The van der Waals surface area contributed by atoms with Crippen LogP contribution in [-0.2, 0) is 42.3 Å². The molecule has 0 aromatic carbocycles. The number of nitrogens with one attached hydrogen (secondary N) is 10. The number of hydrogen-bond donors (Lipinski definition) is 12. The molecule has 7 rings (SSSR count). The Morgan fingerprint density at radius 3 is 0.923 bits per heavy atom. The van der Waals surface area contributed by atoms with Crippen LogP contribution in [0.2, 0.25) is 0 Å². The van der Waals surface area contributed by atoms with Gasteiger partial charge in [-0.25, -0.2) is 0 Å². The number of amides is 8. The molecule has 410 valence electrons. The van der Waals surface area contributed by atoms with Crippen LogP contribution in [0.15, 0.2) is 91.9 Å². The highest BCUT2D eigenvalue weighted by Crippen LogP contribution is 2.23. The molecule has 0 radical (unpaired) electrons. The first-order valence-corrected chi connectivity index (χ1v) is 23.1. The van der Waals surface area contributed by atoms with Gasteiger partial charge in [-0.2, -0.15) is 0 Å². The molecular weight excluding hydrogens is 1050 g/mol. The van der Waals surface area contributed by atoms with Crippen LogP contribution in [0.4, 0.5) is 34.1 Å². The van der Waals surface area contributed by atoms with Crippen molar-refractivity contribution in [1.82, 2.24) is 43.0 Å². The van der Waals surface area contributed by atoms with E-state index in [9.17, 15) is 38.4 Å². The molecule has 7 heterocycles. The van der Waals surface area contributed by atoms with E-state index in [0.29, 0.717) is 22.7 Å². The van der Waals surface area contributed by atoms with E-state index in [4.69, 9.17) is 22.3 Å². The van der Waals surface area contributed by atoms with Crippen molar-refractivity contribution >= 4 is 118 Å². The number of rotatable bonds is 20. The molecule has 14 N–H and O–H groups in total. The van der Waals surface area contributed by atoms with Gasteiger partial charge in [-0.15, -0.1) is 24.8 Å². The summed E-state index contributed by atoms with van der Waals surface area (Å²) in [6.07, 6.45) is 10.9. The summed E-state index contributed by atoms with van der Waals surface area (Å²) >= 11 is 0. The lowest BCUT2D eigenvalue weighted by atomic mass is 10.2. The van der Waals surface area contributed by atoms with E-state index in [1.165, 1.54) is 85.4 Å². The second kappa shape index (κ2) is 25.1. The van der Waals surface area contributed by atoms with Crippen LogP contribution < -0.4 is 54.0 Å². The van der Waals surface area contributed by atoms with Gasteiger partial charge in [0.15, 0.2) is 0 Å². The summed E-state index contributed by atoms with van der Waals surface area (Å²) < 4.78 is 9.13. The minimum absolute atomic E-state index is 0. The Kier molecular flexibility index (Phi) is 19.0. The normalized spacial score (nSPS) is 10.5. The number of aryl methyl sites for hydroxylation is 6. The third kappa shape index (κ3) is 14.3. The second-order valence-corrected chi connectivity index (χ2v) is 17.6. The molecule has 7 aromatic rings. The molecule has 0 fully saturated rings. The van der Waals surface area contributed by atoms with E-state index in [2.05, 4.69) is 47.5 Å². The largest absolute Gasteiger partial charge is 0.388 e. The molecule has 0 atom stereocenters. The highest BCUT2D eigenvalue weighted by molar-refractivity contribution is 6.11. The smallest absolute Gasteiger partial charge is 0.274 e. The molecule has 7 aromatic heterocycles. The molecule has 29 heteroatoms. The Morgan fingerprint density at radius 1 is 0.410 bits per heavy atom. The van der Waals surface area contributed by atoms with Gasteiger partial charge in [-0.05, 0) is 48.5 Å². The van der Waals surface area contributed by atoms with E-state index in [1.54, 1.807) is 76.2 Å². The average Bonchev–Trinajstić information content (AvgIpc) is 4.22. The number of amidine groups is 2. The van der Waals surface area contributed by atoms with Crippen LogP contribution in [0, 0.1) is 10.8 Å². The van der Waals surface area contributed by atoms with Gasteiger partial charge in [0.1, 0.15) is 39.9 Å². The van der Waals surface area contributed by atoms with Crippen molar-refractivity contribution in [3.8, 4) is 0 Å². The van der Waals surface area contributed by atoms with Gasteiger partial charge in [0.2, 0.25) is 0 Å². The minimum atomic E-state index is -0.623. The number of anilines is 6. The fraction of sp³-hybridized carbons (Fsp3) is 0.204. The van der Waals surface area contributed by atoms with Crippen LogP contribution in [-0.4, -0.2) is 104 Å². The molecule has 0 spiro atoms. The predicted molar refractivity (Wildman–Crippen MR) is 297 cm³/mol. The molecule has 0 unspecified atom stereocenters. The summed E-state index contributed by atoms with van der Waals surface area (Å²) in [6.45, 7) is 0.371. The number of nitrogens with zero attached hydrogens (tertiary/aromatic N) is 7. The molecular formula is C49H57Cl2N19O8. The van der Waals surface area contributed by atoms with Gasteiger partial charge >= 0.3 is 0 Å². The Hall–Kier alpha value is -9.89. The number of aromatic nitrogens is 7. The Morgan fingerprint density at radius 2 is 0.667 bits per heavy atom. The summed E-state index contributed by atoms with van der Waals surface area (Å²) in [5.74, 6) is -4.19. The van der Waals surface area contributed by atoms with Crippen molar-refractivity contribution < 1.29 is 38.4 Å². The summed E-state index contributed by atoms with van der Waals surface area (Å²) in [5, 5.41) is 36.4. The second-order valence-electron chi connectivity index (χ2n) is 17.6. The lowest BCUT2D eigenvalue weighted by molar-refractivity contribution is 0.0938. The van der Waals surface area contributed by atoms with E-state index in [0.717, 1.165) is 0 Å². The van der Waals surface area contributed by atoms with Gasteiger partial charge in [-0.1, -0.05) is 0 Å². The highest BCUT2D eigenvalue weighted by Gasteiger charge is 2.22. The van der Waals surface area contributed by atoms with Crippen LogP contribution in [0.25, 0.3) is 0 Å². The van der Waals surface area contributed by atoms with E-state index in [1.807, 2.05) is 0 Å². The standard InChI is InChI=1S/C49H55N19O8.2ClH/c1-63-22-29(13-34(63)44(71)54-11-9-40(50)51)59-48(75)38-17-31(24-67(38)5)61-46(73)36-15-27(20-65(36)3)57-42(69)26-7-8-33(56-19-26)43(70)58-28-16-37(66(4)21-28)47(74)62-32-18-39(68(6)25-32)49(76)60-30-14-35(64(2)23-30)45(72)55-12-10-41(52)53;;/h7-8,13-25H,9-12H2,1-6H3,(H3,50,51)(H3,52,53)(H,54,71)(H,55,72)(H,57,69)(H,58,70)(H,59,75)(H,60,76)(H,61,73)(H,62,74);2*1H. The Labute approximate surface area is 457 Å². The minimum Gasteiger partial charge on any atom is -0.388 e. The van der Waals surface area contributed by atoms with Gasteiger partial charge in [0.25, 0.3) is 47.3 Å². The number of nitrogens with two attached hydrogens (primary N) is 2. The zero-order valence-electron chi connectivity index (χ0n) is 42.9. The topological polar surface area (TPSA) is 375 Å². The first-order chi connectivity index (χ1) is 36.0. The van der Waals surface area contributed by atoms with E-state index < -0.39 is 47.3 Å². The third-order valence-electron chi connectivity index (χ3n) is 11.6. The van der Waals surface area contributed by atoms with Gasteiger partial charge in [-0.3, -0.25) is 54.2 Å². The predicted octanol–water partition coefficient (Wildman–Crippen LogP) is 3.58. The molecule has 78 heavy (non-hydrogen) atoms. The van der Waals surface area contributed by atoms with Crippen molar-refractivity contribution in [2.24, 2.45) is 53.8 Å². The SMILES string of the molecule is Cl.Cl.Cn1cc(NC(=O)c2cc(NC(=O)c3cc(NC(=O)c4ccc(C(=O)Nc5cc(C(=O)Nc6cc(C(=O)Nc7cc(C(=O)NCCC(=N)N)n(C)c7)n(C)c6)n(C)c5)nc4)cn3C)cn2C)cc1C(=O)NCCC(=N)N. The number of halogens is 2. The maximum Gasteiger partial charge on any atom is 0.274 e. The van der Waals surface area contributed by atoms with Gasteiger partial charge < -0.3 is 81.4 Å². The Bertz CT molecular complexity index is 3260. The van der Waals surface area contributed by atoms with Crippen LogP contribution in [0.1, 0.15) is 96.6 Å². The maximum absolute atomic E-state index is 13.4. The van der Waals surface area contributed by atoms with Crippen LogP contribution in [0.5, 0.6) is 0 Å². The van der Waals surface area contributed by atoms with Crippen molar-refractivity contribution in [1.29, 1.82) is 10.8 Å². The first-order valence-electron chi connectivity index (χ1n) is 23.1. The molecule has 0 aliphatic rings. The first kappa shape index (κ1) is 59.0. The zero-order valence-corrected chi connectivity index (χ0v) is 44.5. The summed E-state index contributed by atoms with van der Waals surface area (Å²) in [7, 11) is 9.77. The molecule has 8 amide bonds. The Balaban J connectivity index is 0.00000560. The van der Waals surface area contributed by atoms with Gasteiger partial charge in [0, 0.05) is 112 Å². The number of pyridine rings is 1. The molecule has 0 aliphatic heterocycles. The number of carbonyl (C=O) groups is 8. The molecule has 0 bridgehead atoms. The third-order valence-corrected chi connectivity index (χ3v) is 11.6. The van der Waals surface area contributed by atoms with Crippen molar-refractivity contribution in [2.75, 3.05) is 45.0 Å². The molecule has 0 aliphatic carbocycles. The lowest BCUT2D eigenvalue weighted by Gasteiger charge is -2.05. The van der Waals surface area contributed by atoms with Crippen LogP contribution >= 0.6 is 24.8 Å². The molecule has 0 saturated carbocycles. The fourth-order valence-electron chi connectivity index (χ4n) is 7.80. The van der Waals surface area contributed by atoms with Crippen molar-refractivity contribution in [3.05, 3.63) is 137 Å². The lowest BCUT2D eigenvalue weighted by Crippen LogP contribution is -2.28. The highest BCUT2D eigenvalue weighted by atomic mass is 35.5. The van der Waals surface area contributed by atoms with Crippen LogP contribution in [0.3, 0.4) is 0 Å². The maximum atomic E-state index is 13.4. The van der Waals surface area contributed by atoms with E-state index in [-0.39, 0.29) is 119 Å². The zero-order chi connectivity index (χ0) is 55.1. The summed E-state index contributed by atoms with van der Waals surface area (Å²) in [5.41, 5.74) is 14.0. The van der Waals surface area contributed by atoms with Gasteiger partial charge in [0.05, 0.1) is 51.4 Å². The number of carbonyl (C=O) groups excluding carboxylic acids is 8. The number of hydrogen-bond acceptors (Lipinski definition) is 11. The fourth-order valence-corrected chi connectivity index (χ4v) is 7.80. The summed E-state index contributed by atoms with van der Waals surface area (Å²) in [4.78, 5) is 109. The van der Waals surface area contributed by atoms with Crippen molar-refractivity contribution in [2.45, 2.75) is 12.8 Å². The quantitative estimate of drug-likeness (QED) is 0.0387. The summed E-state index contributed by atoms with van der Waals surface area (Å²) in [6, 6.07) is 11.6. The van der Waals surface area contributed by atoms with Crippen molar-refractivity contribution in [3.63, 3.8) is 0 Å².